The van der Waals surface area contributed by atoms with Gasteiger partial charge >= 0.3 is 0 Å². The van der Waals surface area contributed by atoms with Gasteiger partial charge in [-0.1, -0.05) is 43.6 Å². The van der Waals surface area contributed by atoms with E-state index in [1.54, 1.807) is 0 Å². The maximum atomic E-state index is 6.42. The van der Waals surface area contributed by atoms with Crippen LogP contribution in [0.1, 0.15) is 52.1 Å². The van der Waals surface area contributed by atoms with Crippen molar-refractivity contribution in [2.45, 2.75) is 46.6 Å². The largest absolute Gasteiger partial charge is 0.486 e. The normalized spacial score (nSPS) is 17.4. The summed E-state index contributed by atoms with van der Waals surface area (Å²) in [6.07, 6.45) is 2.14. The highest BCUT2D eigenvalue weighted by Crippen LogP contribution is 2.39. The zero-order chi connectivity index (χ0) is 15.6. The van der Waals surface area contributed by atoms with Crippen LogP contribution >= 0.6 is 15.9 Å². The number of nitrogens with two attached hydrogens (primary N) is 1. The highest BCUT2D eigenvalue weighted by atomic mass is 79.9. The van der Waals surface area contributed by atoms with Crippen LogP contribution in [0.2, 0.25) is 0 Å². The average Bonchev–Trinajstić information content (AvgIpc) is 2.35. The second kappa shape index (κ2) is 6.57. The molecule has 21 heavy (non-hydrogen) atoms. The van der Waals surface area contributed by atoms with Crippen LogP contribution in [0, 0.1) is 11.3 Å². The molecule has 1 heterocycles. The fourth-order valence-corrected chi connectivity index (χ4v) is 3.67. The van der Waals surface area contributed by atoms with Gasteiger partial charge in [0.1, 0.15) is 13.2 Å². The molecule has 0 amide bonds. The Bertz CT molecular complexity index is 496. The Balaban J connectivity index is 2.10. The third-order valence-electron chi connectivity index (χ3n) is 3.68. The number of ether oxygens (including phenoxy) is 2. The number of rotatable bonds is 4. The van der Waals surface area contributed by atoms with Crippen LogP contribution in [0.5, 0.6) is 11.5 Å². The molecule has 3 nitrogen and oxygen atoms in total. The Hall–Kier alpha value is -0.740. The fraction of sp³-hybridized carbons (Fsp3) is 0.647. The van der Waals surface area contributed by atoms with Crippen LogP contribution in [0.3, 0.4) is 0 Å². The maximum absolute atomic E-state index is 6.42. The van der Waals surface area contributed by atoms with Gasteiger partial charge in [0.25, 0.3) is 0 Å². The van der Waals surface area contributed by atoms with Gasteiger partial charge in [-0.2, -0.15) is 0 Å². The first kappa shape index (κ1) is 16.6. The molecule has 1 aliphatic heterocycles. The smallest absolute Gasteiger partial charge is 0.162 e. The Morgan fingerprint density at radius 2 is 1.76 bits per heavy atom. The summed E-state index contributed by atoms with van der Waals surface area (Å²) in [6.45, 7) is 10.3. The van der Waals surface area contributed by atoms with Gasteiger partial charge < -0.3 is 15.2 Å². The van der Waals surface area contributed by atoms with Gasteiger partial charge in [0.2, 0.25) is 0 Å². The Morgan fingerprint density at radius 3 is 2.33 bits per heavy atom. The molecule has 0 aliphatic carbocycles. The minimum Gasteiger partial charge on any atom is -0.486 e. The van der Waals surface area contributed by atoms with E-state index in [9.17, 15) is 0 Å². The molecule has 1 aliphatic rings. The minimum atomic E-state index is 0.00699. The van der Waals surface area contributed by atoms with E-state index in [0.29, 0.717) is 24.5 Å². The summed E-state index contributed by atoms with van der Waals surface area (Å²) in [5.74, 6) is 2.19. The third kappa shape index (κ3) is 4.62. The van der Waals surface area contributed by atoms with Gasteiger partial charge in [0, 0.05) is 10.5 Å². The van der Waals surface area contributed by atoms with Crippen LogP contribution in [-0.4, -0.2) is 13.2 Å². The Kier molecular flexibility index (Phi) is 5.20. The van der Waals surface area contributed by atoms with E-state index in [0.717, 1.165) is 28.0 Å². The molecule has 0 saturated heterocycles. The van der Waals surface area contributed by atoms with Crippen molar-refractivity contribution < 1.29 is 9.47 Å². The molecule has 0 spiro atoms. The first-order valence-electron chi connectivity index (χ1n) is 7.61. The van der Waals surface area contributed by atoms with E-state index < -0.39 is 0 Å². The monoisotopic (exact) mass is 355 g/mol. The van der Waals surface area contributed by atoms with Crippen molar-refractivity contribution in [3.63, 3.8) is 0 Å². The topological polar surface area (TPSA) is 44.5 Å². The Morgan fingerprint density at radius 1 is 1.19 bits per heavy atom. The van der Waals surface area contributed by atoms with Gasteiger partial charge in [0.15, 0.2) is 11.5 Å². The summed E-state index contributed by atoms with van der Waals surface area (Å²) in [6, 6.07) is 4.00. The number of halogens is 1. The summed E-state index contributed by atoms with van der Waals surface area (Å²) in [7, 11) is 0. The molecule has 0 bridgehead atoms. The summed E-state index contributed by atoms with van der Waals surface area (Å²) < 4.78 is 12.2. The molecule has 4 heteroatoms. The number of hydrogen-bond acceptors (Lipinski definition) is 3. The maximum Gasteiger partial charge on any atom is 0.162 e. The third-order valence-corrected chi connectivity index (χ3v) is 4.36. The van der Waals surface area contributed by atoms with Crippen LogP contribution in [0.25, 0.3) is 0 Å². The second-order valence-corrected chi connectivity index (χ2v) is 8.08. The van der Waals surface area contributed by atoms with Crippen LogP contribution in [0.15, 0.2) is 16.6 Å². The van der Waals surface area contributed by atoms with Gasteiger partial charge in [-0.15, -0.1) is 0 Å². The van der Waals surface area contributed by atoms with Crippen molar-refractivity contribution in [1.29, 1.82) is 0 Å². The molecule has 1 aromatic carbocycles. The minimum absolute atomic E-state index is 0.00699. The highest BCUT2D eigenvalue weighted by Gasteiger charge is 2.22. The zero-order valence-corrected chi connectivity index (χ0v) is 15.0. The van der Waals surface area contributed by atoms with Gasteiger partial charge in [0.05, 0.1) is 0 Å². The van der Waals surface area contributed by atoms with Gasteiger partial charge in [-0.3, -0.25) is 0 Å². The van der Waals surface area contributed by atoms with Crippen molar-refractivity contribution in [1.82, 2.24) is 0 Å². The average molecular weight is 356 g/mol. The van der Waals surface area contributed by atoms with E-state index >= 15 is 0 Å². The summed E-state index contributed by atoms with van der Waals surface area (Å²) in [5.41, 5.74) is 7.86. The number of hydrogen-bond donors (Lipinski definition) is 1. The van der Waals surface area contributed by atoms with Crippen LogP contribution in [-0.2, 0) is 0 Å². The molecule has 2 atom stereocenters. The molecule has 0 fully saturated rings. The lowest BCUT2D eigenvalue weighted by molar-refractivity contribution is 0.171. The Labute approximate surface area is 136 Å². The van der Waals surface area contributed by atoms with Gasteiger partial charge in [-0.25, -0.2) is 0 Å². The molecular weight excluding hydrogens is 330 g/mol. The first-order chi connectivity index (χ1) is 9.76. The SMILES string of the molecule is CC(CC(N)c1cc2c(cc1Br)OCCO2)CC(C)(C)C. The van der Waals surface area contributed by atoms with Crippen molar-refractivity contribution in [3.8, 4) is 11.5 Å². The molecule has 0 saturated carbocycles. The molecule has 2 unspecified atom stereocenters. The molecule has 2 N–H and O–H groups in total. The predicted molar refractivity (Wildman–Crippen MR) is 89.9 cm³/mol. The zero-order valence-electron chi connectivity index (χ0n) is 13.4. The van der Waals surface area contributed by atoms with Crippen molar-refractivity contribution >= 4 is 15.9 Å². The van der Waals surface area contributed by atoms with Gasteiger partial charge in [-0.05, 0) is 41.9 Å². The summed E-state index contributed by atoms with van der Waals surface area (Å²) in [4.78, 5) is 0. The van der Waals surface area contributed by atoms with Crippen molar-refractivity contribution in [2.24, 2.45) is 17.1 Å². The fourth-order valence-electron chi connectivity index (χ4n) is 3.05. The molecule has 1 aromatic rings. The highest BCUT2D eigenvalue weighted by molar-refractivity contribution is 9.10. The van der Waals surface area contributed by atoms with E-state index in [4.69, 9.17) is 15.2 Å². The first-order valence-corrected chi connectivity index (χ1v) is 8.40. The van der Waals surface area contributed by atoms with E-state index in [-0.39, 0.29) is 6.04 Å². The second-order valence-electron chi connectivity index (χ2n) is 7.23. The van der Waals surface area contributed by atoms with Crippen molar-refractivity contribution in [3.05, 3.63) is 22.2 Å². The molecule has 118 valence electrons. The summed E-state index contributed by atoms with van der Waals surface area (Å²) >= 11 is 3.61. The quantitative estimate of drug-likeness (QED) is 0.852. The van der Waals surface area contributed by atoms with Crippen molar-refractivity contribution in [2.75, 3.05) is 13.2 Å². The van der Waals surface area contributed by atoms with Crippen LogP contribution < -0.4 is 15.2 Å². The molecule has 2 rings (SSSR count). The number of fused-ring (bicyclic) bond motifs is 1. The van der Waals surface area contributed by atoms with Crippen LogP contribution in [0.4, 0.5) is 0 Å². The molecule has 0 aromatic heterocycles. The lowest BCUT2D eigenvalue weighted by Gasteiger charge is -2.26. The molecule has 0 radical (unpaired) electrons. The van der Waals surface area contributed by atoms with E-state index in [1.165, 1.54) is 6.42 Å². The van der Waals surface area contributed by atoms with E-state index in [1.807, 2.05) is 12.1 Å². The lowest BCUT2D eigenvalue weighted by atomic mass is 9.82. The summed E-state index contributed by atoms with van der Waals surface area (Å²) in [5, 5.41) is 0. The van der Waals surface area contributed by atoms with E-state index in [2.05, 4.69) is 43.6 Å². The predicted octanol–water partition coefficient (Wildman–Crippen LogP) is 4.68. The number of benzene rings is 1. The molecular formula is C17H26BrNO2. The standard InChI is InChI=1S/C17H26BrNO2/c1-11(10-17(2,3)4)7-14(19)12-8-15-16(9-13(12)18)21-6-5-20-15/h8-9,11,14H,5-7,10,19H2,1-4H3. The lowest BCUT2D eigenvalue weighted by Crippen LogP contribution is -2.20.